The van der Waals surface area contributed by atoms with Crippen LogP contribution in [0.1, 0.15) is 25.5 Å². The smallest absolute Gasteiger partial charge is 0.266 e. The van der Waals surface area contributed by atoms with Crippen LogP contribution in [-0.4, -0.2) is 34.1 Å². The van der Waals surface area contributed by atoms with Gasteiger partial charge in [-0.2, -0.15) is 0 Å². The van der Waals surface area contributed by atoms with E-state index in [2.05, 4.69) is 5.32 Å². The van der Waals surface area contributed by atoms with Crippen molar-refractivity contribution in [2.24, 2.45) is 0 Å². The molecule has 0 spiro atoms. The van der Waals surface area contributed by atoms with Crippen molar-refractivity contribution >= 4 is 57.8 Å². The second kappa shape index (κ2) is 9.41. The minimum atomic E-state index is -0.295. The lowest BCUT2D eigenvalue weighted by molar-refractivity contribution is -0.128. The summed E-state index contributed by atoms with van der Waals surface area (Å²) in [7, 11) is 0. The third kappa shape index (κ3) is 4.84. The second-order valence-corrected chi connectivity index (χ2v) is 8.24. The van der Waals surface area contributed by atoms with E-state index in [0.29, 0.717) is 32.3 Å². The molecule has 0 atom stereocenters. The Kier molecular flexibility index (Phi) is 6.93. The molecule has 0 saturated carbocycles. The monoisotopic (exact) mass is 434 g/mol. The maximum absolute atomic E-state index is 12.6. The molecule has 5 nitrogen and oxygen atoms in total. The van der Waals surface area contributed by atoms with E-state index >= 15 is 0 Å². The van der Waals surface area contributed by atoms with Crippen LogP contribution in [0.5, 0.6) is 0 Å². The largest absolute Gasteiger partial charge is 0.457 e. The summed E-state index contributed by atoms with van der Waals surface area (Å²) in [6.45, 7) is 2.57. The molecule has 1 fully saturated rings. The van der Waals surface area contributed by atoms with E-state index in [9.17, 15) is 9.59 Å². The lowest BCUT2D eigenvalue weighted by Crippen LogP contribution is -2.39. The predicted octanol–water partition coefficient (Wildman–Crippen LogP) is 4.72. The van der Waals surface area contributed by atoms with Gasteiger partial charge in [-0.05, 0) is 30.7 Å². The second-order valence-electron chi connectivity index (χ2n) is 6.15. The summed E-state index contributed by atoms with van der Waals surface area (Å²) in [6.07, 6.45) is 3.52. The standard InChI is InChI=1S/C20H19ClN2O3S2/c1-2-3-10-22-18(24)12-23-19(25)17(28-20(23)27)11-13-8-9-16(26-13)14-6-4-5-7-15(14)21/h4-9,11H,2-3,10,12H2,1H3,(H,22,24)/b17-11-. The van der Waals surface area contributed by atoms with Gasteiger partial charge < -0.3 is 9.73 Å². The number of carbonyl (C=O) groups is 2. The Balaban J connectivity index is 1.70. The normalized spacial score (nSPS) is 15.5. The van der Waals surface area contributed by atoms with Crippen LogP contribution < -0.4 is 5.32 Å². The van der Waals surface area contributed by atoms with Gasteiger partial charge in [0.1, 0.15) is 22.4 Å². The zero-order valence-electron chi connectivity index (χ0n) is 15.2. The van der Waals surface area contributed by atoms with Crippen LogP contribution in [-0.2, 0) is 9.59 Å². The molecule has 146 valence electrons. The maximum atomic E-state index is 12.6. The highest BCUT2D eigenvalue weighted by Gasteiger charge is 2.33. The third-order valence-electron chi connectivity index (χ3n) is 4.07. The Morgan fingerprint density at radius 1 is 1.32 bits per heavy atom. The summed E-state index contributed by atoms with van der Waals surface area (Å²) in [5.41, 5.74) is 0.778. The van der Waals surface area contributed by atoms with E-state index in [0.717, 1.165) is 30.2 Å². The fourth-order valence-corrected chi connectivity index (χ4v) is 4.07. The molecule has 1 N–H and O–H groups in total. The van der Waals surface area contributed by atoms with Gasteiger partial charge in [0.25, 0.3) is 5.91 Å². The first kappa shape index (κ1) is 20.6. The van der Waals surface area contributed by atoms with Crippen molar-refractivity contribution in [3.63, 3.8) is 0 Å². The Bertz CT molecular complexity index is 939. The van der Waals surface area contributed by atoms with E-state index in [1.54, 1.807) is 24.3 Å². The first-order chi connectivity index (χ1) is 13.5. The molecular weight excluding hydrogens is 416 g/mol. The summed E-state index contributed by atoms with van der Waals surface area (Å²) in [6, 6.07) is 10.9. The lowest BCUT2D eigenvalue weighted by Gasteiger charge is -2.13. The molecule has 1 aliphatic heterocycles. The minimum Gasteiger partial charge on any atom is -0.457 e. The molecule has 0 unspecified atom stereocenters. The summed E-state index contributed by atoms with van der Waals surface area (Å²) in [4.78, 5) is 26.4. The number of furan rings is 1. The van der Waals surface area contributed by atoms with Crippen molar-refractivity contribution in [2.75, 3.05) is 13.1 Å². The highest BCUT2D eigenvalue weighted by atomic mass is 35.5. The molecule has 2 heterocycles. The third-order valence-corrected chi connectivity index (χ3v) is 5.77. The molecule has 1 aromatic carbocycles. The summed E-state index contributed by atoms with van der Waals surface area (Å²) in [5, 5.41) is 3.38. The number of nitrogens with zero attached hydrogens (tertiary/aromatic N) is 1. The molecule has 1 aliphatic rings. The van der Waals surface area contributed by atoms with Gasteiger partial charge in [0, 0.05) is 18.2 Å². The molecule has 2 amide bonds. The van der Waals surface area contributed by atoms with Crippen LogP contribution in [0.4, 0.5) is 0 Å². The quantitative estimate of drug-likeness (QED) is 0.388. The Morgan fingerprint density at radius 2 is 2.11 bits per heavy atom. The average molecular weight is 435 g/mol. The van der Waals surface area contributed by atoms with Crippen LogP contribution in [0.3, 0.4) is 0 Å². The van der Waals surface area contributed by atoms with E-state index in [1.807, 2.05) is 25.1 Å². The number of carbonyl (C=O) groups excluding carboxylic acids is 2. The fourth-order valence-electron chi connectivity index (χ4n) is 2.61. The van der Waals surface area contributed by atoms with Crippen molar-refractivity contribution in [1.82, 2.24) is 10.2 Å². The van der Waals surface area contributed by atoms with Gasteiger partial charge in [-0.1, -0.05) is 61.1 Å². The summed E-state index contributed by atoms with van der Waals surface area (Å²) < 4.78 is 6.17. The average Bonchev–Trinajstić information content (AvgIpc) is 3.23. The van der Waals surface area contributed by atoms with Crippen molar-refractivity contribution < 1.29 is 14.0 Å². The van der Waals surface area contributed by atoms with Gasteiger partial charge >= 0.3 is 0 Å². The van der Waals surface area contributed by atoms with Crippen LogP contribution >= 0.6 is 35.6 Å². The number of nitrogens with one attached hydrogen (secondary N) is 1. The first-order valence-electron chi connectivity index (χ1n) is 8.86. The number of unbranched alkanes of at least 4 members (excludes halogenated alkanes) is 1. The van der Waals surface area contributed by atoms with E-state index < -0.39 is 0 Å². The van der Waals surface area contributed by atoms with Crippen molar-refractivity contribution in [3.05, 3.63) is 52.1 Å². The van der Waals surface area contributed by atoms with Gasteiger partial charge in [0.15, 0.2) is 0 Å². The molecule has 1 aromatic heterocycles. The molecular formula is C20H19ClN2O3S2. The van der Waals surface area contributed by atoms with Gasteiger partial charge in [0.05, 0.1) is 9.93 Å². The summed E-state index contributed by atoms with van der Waals surface area (Å²) in [5.74, 6) is 0.617. The first-order valence-corrected chi connectivity index (χ1v) is 10.5. The predicted molar refractivity (Wildman–Crippen MR) is 117 cm³/mol. The Morgan fingerprint density at radius 3 is 2.86 bits per heavy atom. The number of benzene rings is 1. The number of thioether (sulfide) groups is 1. The number of rotatable bonds is 7. The van der Waals surface area contributed by atoms with Gasteiger partial charge in [-0.25, -0.2) is 0 Å². The van der Waals surface area contributed by atoms with Gasteiger partial charge in [-0.15, -0.1) is 0 Å². The van der Waals surface area contributed by atoms with Crippen LogP contribution in [0.2, 0.25) is 5.02 Å². The zero-order chi connectivity index (χ0) is 20.1. The number of hydrogen-bond donors (Lipinski definition) is 1. The van der Waals surface area contributed by atoms with Gasteiger partial charge in [-0.3, -0.25) is 14.5 Å². The molecule has 0 bridgehead atoms. The van der Waals surface area contributed by atoms with E-state index in [4.69, 9.17) is 28.2 Å². The molecule has 0 radical (unpaired) electrons. The van der Waals surface area contributed by atoms with Crippen molar-refractivity contribution in [3.8, 4) is 11.3 Å². The lowest BCUT2D eigenvalue weighted by atomic mass is 10.2. The molecule has 3 rings (SSSR count). The highest BCUT2D eigenvalue weighted by molar-refractivity contribution is 8.26. The topological polar surface area (TPSA) is 62.6 Å². The SMILES string of the molecule is CCCCNC(=O)CN1C(=O)/C(=C/c2ccc(-c3ccccc3Cl)o2)SC1=S. The number of thiocarbonyl (C=S) groups is 1. The van der Waals surface area contributed by atoms with Crippen LogP contribution in [0.25, 0.3) is 17.4 Å². The fraction of sp³-hybridized carbons (Fsp3) is 0.250. The number of hydrogen-bond acceptors (Lipinski definition) is 5. The number of amides is 2. The Labute approximate surface area is 178 Å². The molecule has 28 heavy (non-hydrogen) atoms. The Hall–Kier alpha value is -2.09. The zero-order valence-corrected chi connectivity index (χ0v) is 17.6. The highest BCUT2D eigenvalue weighted by Crippen LogP contribution is 2.34. The maximum Gasteiger partial charge on any atom is 0.266 e. The van der Waals surface area contributed by atoms with Gasteiger partial charge in [0.2, 0.25) is 5.91 Å². The molecule has 8 heteroatoms. The minimum absolute atomic E-state index is 0.0747. The summed E-state index contributed by atoms with van der Waals surface area (Å²) >= 11 is 12.6. The molecule has 0 aliphatic carbocycles. The van der Waals surface area contributed by atoms with E-state index in [-0.39, 0.29) is 18.4 Å². The molecule has 2 aromatic rings. The van der Waals surface area contributed by atoms with Crippen molar-refractivity contribution in [2.45, 2.75) is 19.8 Å². The van der Waals surface area contributed by atoms with E-state index in [1.165, 1.54) is 4.90 Å². The number of halogens is 1. The molecule has 1 saturated heterocycles. The van der Waals surface area contributed by atoms with Crippen LogP contribution in [0.15, 0.2) is 45.7 Å². The van der Waals surface area contributed by atoms with Crippen molar-refractivity contribution in [1.29, 1.82) is 0 Å². The van der Waals surface area contributed by atoms with Crippen LogP contribution in [0, 0.1) is 0 Å².